The fourth-order valence-corrected chi connectivity index (χ4v) is 4.83. The highest BCUT2D eigenvalue weighted by Crippen LogP contribution is 2.23. The average Bonchev–Trinajstić information content (AvgIpc) is 3.45. The molecule has 170 valence electrons. The molecule has 0 aliphatic carbocycles. The lowest BCUT2D eigenvalue weighted by Crippen LogP contribution is -2.46. The largest absolute Gasteiger partial charge is 0.461 e. The minimum atomic E-state index is -0.345. The van der Waals surface area contributed by atoms with E-state index in [4.69, 9.17) is 10.00 Å². The van der Waals surface area contributed by atoms with Crippen molar-refractivity contribution in [2.24, 2.45) is 0 Å². The molecule has 0 radical (unpaired) electrons. The van der Waals surface area contributed by atoms with E-state index in [0.29, 0.717) is 17.9 Å². The first-order valence-electron chi connectivity index (χ1n) is 10.8. The first-order valence-corrected chi connectivity index (χ1v) is 11.7. The van der Waals surface area contributed by atoms with Crippen molar-refractivity contribution in [3.63, 3.8) is 0 Å². The van der Waals surface area contributed by atoms with Crippen molar-refractivity contribution in [3.05, 3.63) is 46.6 Å². The van der Waals surface area contributed by atoms with Gasteiger partial charge in [-0.15, -0.1) is 11.3 Å². The number of nitriles is 1. The molecule has 32 heavy (non-hydrogen) atoms. The summed E-state index contributed by atoms with van der Waals surface area (Å²) in [4.78, 5) is 24.3. The second-order valence-electron chi connectivity index (χ2n) is 7.71. The Labute approximate surface area is 193 Å². The van der Waals surface area contributed by atoms with E-state index in [9.17, 15) is 4.79 Å². The second kappa shape index (κ2) is 11.1. The normalized spacial score (nSPS) is 14.2. The van der Waals surface area contributed by atoms with Crippen LogP contribution in [0.2, 0.25) is 0 Å². The average molecular weight is 454 g/mol. The van der Waals surface area contributed by atoms with E-state index >= 15 is 0 Å². The second-order valence-corrected chi connectivity index (χ2v) is 8.54. The van der Waals surface area contributed by atoms with Gasteiger partial charge in [-0.1, -0.05) is 7.43 Å². The summed E-state index contributed by atoms with van der Waals surface area (Å²) in [7, 11) is 0. The number of nitrogens with one attached hydrogen (secondary N) is 1. The van der Waals surface area contributed by atoms with Crippen molar-refractivity contribution in [1.29, 1.82) is 5.26 Å². The first kappa shape index (κ1) is 23.8. The highest BCUT2D eigenvalue weighted by molar-refractivity contribution is 7.13. The molecule has 1 fully saturated rings. The number of fused-ring (bicyclic) bond motifs is 1. The molecule has 3 aromatic rings. The molecule has 0 spiro atoms. The van der Waals surface area contributed by atoms with Crippen LogP contribution >= 0.6 is 11.3 Å². The number of thiazole rings is 1. The van der Waals surface area contributed by atoms with E-state index in [0.717, 1.165) is 62.6 Å². The van der Waals surface area contributed by atoms with Gasteiger partial charge < -0.3 is 14.6 Å². The number of esters is 1. The topological polar surface area (TPSA) is 85.2 Å². The number of nitrogens with zero attached hydrogens (tertiary/aromatic N) is 4. The summed E-state index contributed by atoms with van der Waals surface area (Å²) in [5.41, 5.74) is 3.50. The number of unbranched alkanes of at least 4 members (excludes halogenated alkanes) is 1. The third-order valence-corrected chi connectivity index (χ3v) is 6.59. The number of anilines is 1. The maximum absolute atomic E-state index is 11.8. The maximum atomic E-state index is 11.8. The first-order chi connectivity index (χ1) is 15.2. The third-order valence-electron chi connectivity index (χ3n) is 5.69. The summed E-state index contributed by atoms with van der Waals surface area (Å²) in [6.07, 6.45) is 5.36. The molecule has 2 aromatic heterocycles. The van der Waals surface area contributed by atoms with Gasteiger partial charge in [-0.2, -0.15) is 5.26 Å². The molecule has 1 saturated heterocycles. The molecular weight excluding hydrogens is 422 g/mol. The van der Waals surface area contributed by atoms with Gasteiger partial charge in [0.15, 0.2) is 10.8 Å². The van der Waals surface area contributed by atoms with E-state index in [1.807, 2.05) is 18.2 Å². The zero-order chi connectivity index (χ0) is 21.6. The van der Waals surface area contributed by atoms with Gasteiger partial charge in [0, 0.05) is 48.7 Å². The van der Waals surface area contributed by atoms with Crippen molar-refractivity contribution >= 4 is 33.3 Å². The molecule has 1 aliphatic heterocycles. The van der Waals surface area contributed by atoms with Gasteiger partial charge in [-0.05, 0) is 56.5 Å². The zero-order valence-corrected chi connectivity index (χ0v) is 18.6. The number of aryl methyl sites for hydroxylation is 1. The van der Waals surface area contributed by atoms with E-state index in [2.05, 4.69) is 32.0 Å². The Morgan fingerprint density at radius 2 is 2.09 bits per heavy atom. The van der Waals surface area contributed by atoms with Crippen LogP contribution in [0.5, 0.6) is 0 Å². The number of hydrogen-bond acceptors (Lipinski definition) is 7. The molecule has 0 unspecified atom stereocenters. The van der Waals surface area contributed by atoms with Gasteiger partial charge in [0.2, 0.25) is 0 Å². The van der Waals surface area contributed by atoms with Crippen molar-refractivity contribution in [1.82, 2.24) is 14.9 Å². The quantitative estimate of drug-likeness (QED) is 0.401. The van der Waals surface area contributed by atoms with Gasteiger partial charge >= 0.3 is 5.97 Å². The number of carbonyl (C=O) groups excluding carboxylic acids is 1. The van der Waals surface area contributed by atoms with E-state index in [1.165, 1.54) is 22.3 Å². The predicted octanol–water partition coefficient (Wildman–Crippen LogP) is 4.45. The molecule has 0 bridgehead atoms. The Balaban J connectivity index is 0.00000289. The molecule has 1 aromatic carbocycles. The molecule has 1 N–H and O–H groups in total. The number of hydrogen-bond donors (Lipinski definition) is 1. The smallest absolute Gasteiger partial charge is 0.357 e. The predicted molar refractivity (Wildman–Crippen MR) is 129 cm³/mol. The van der Waals surface area contributed by atoms with E-state index < -0.39 is 0 Å². The highest BCUT2D eigenvalue weighted by Gasteiger charge is 2.21. The lowest BCUT2D eigenvalue weighted by atomic mass is 10.1. The number of H-pyrrole nitrogens is 1. The molecule has 7 nitrogen and oxygen atoms in total. The summed E-state index contributed by atoms with van der Waals surface area (Å²) >= 11 is 1.51. The van der Waals surface area contributed by atoms with Gasteiger partial charge in [0.1, 0.15) is 0 Å². The van der Waals surface area contributed by atoms with Crippen LogP contribution in [-0.4, -0.2) is 60.2 Å². The highest BCUT2D eigenvalue weighted by atomic mass is 32.1. The van der Waals surface area contributed by atoms with Crippen LogP contribution in [0.1, 0.15) is 48.8 Å². The van der Waals surface area contributed by atoms with Crippen LogP contribution < -0.4 is 4.90 Å². The number of benzene rings is 1. The summed E-state index contributed by atoms with van der Waals surface area (Å²) in [6, 6.07) is 8.04. The van der Waals surface area contributed by atoms with Gasteiger partial charge in [-0.3, -0.25) is 4.90 Å². The summed E-state index contributed by atoms with van der Waals surface area (Å²) < 4.78 is 5.02. The number of aromatic amines is 1. The standard InChI is InChI=1S/C23H27N5O2S.CH4/c1-2-30-22(29)21-16-31-23(26-21)28-11-9-27(10-12-28)8-4-3-5-18-15-25-20-7-6-17(14-24)13-19(18)20;/h6-7,13,15-16,25H,2-5,8-12H2,1H3;1H4. The van der Waals surface area contributed by atoms with Crippen molar-refractivity contribution in [2.75, 3.05) is 44.2 Å². The minimum Gasteiger partial charge on any atom is -0.461 e. The van der Waals surface area contributed by atoms with Gasteiger partial charge in [-0.25, -0.2) is 9.78 Å². The maximum Gasteiger partial charge on any atom is 0.357 e. The fraction of sp³-hybridized carbons (Fsp3) is 0.458. The van der Waals surface area contributed by atoms with Crippen molar-refractivity contribution < 1.29 is 9.53 Å². The number of aromatic nitrogens is 2. The minimum absolute atomic E-state index is 0. The molecule has 4 rings (SSSR count). The van der Waals surface area contributed by atoms with Crippen molar-refractivity contribution in [3.8, 4) is 6.07 Å². The number of rotatable bonds is 8. The SMILES string of the molecule is C.CCOC(=O)c1csc(N2CCN(CCCCc3c[nH]c4ccc(C#N)cc34)CC2)n1. The Hall–Kier alpha value is -2.89. The molecule has 8 heteroatoms. The zero-order valence-electron chi connectivity index (χ0n) is 17.8. The van der Waals surface area contributed by atoms with E-state index in [1.54, 1.807) is 12.3 Å². The molecule has 0 saturated carbocycles. The Morgan fingerprint density at radius 1 is 1.28 bits per heavy atom. The molecular formula is C24H31N5O2S. The molecule has 1 aliphatic rings. The summed E-state index contributed by atoms with van der Waals surface area (Å²) in [5.74, 6) is -0.345. The Kier molecular flexibility index (Phi) is 8.26. The van der Waals surface area contributed by atoms with Crippen LogP contribution in [0, 0.1) is 11.3 Å². The fourth-order valence-electron chi connectivity index (χ4n) is 3.98. The van der Waals surface area contributed by atoms with E-state index in [-0.39, 0.29) is 13.4 Å². The van der Waals surface area contributed by atoms with Crippen LogP contribution in [0.15, 0.2) is 29.8 Å². The van der Waals surface area contributed by atoms with Crippen molar-refractivity contribution in [2.45, 2.75) is 33.6 Å². The Morgan fingerprint density at radius 3 is 2.84 bits per heavy atom. The van der Waals surface area contributed by atoms with Crippen LogP contribution in [-0.2, 0) is 11.2 Å². The van der Waals surface area contributed by atoms with Crippen LogP contribution in [0.3, 0.4) is 0 Å². The lowest BCUT2D eigenvalue weighted by molar-refractivity contribution is 0.0520. The molecule has 3 heterocycles. The molecule has 0 atom stereocenters. The Bertz CT molecular complexity index is 1080. The monoisotopic (exact) mass is 453 g/mol. The molecule has 0 amide bonds. The number of carbonyl (C=O) groups is 1. The third kappa shape index (κ3) is 5.47. The lowest BCUT2D eigenvalue weighted by Gasteiger charge is -2.34. The number of ether oxygens (including phenoxy) is 1. The van der Waals surface area contributed by atoms with Gasteiger partial charge in [0.05, 0.1) is 18.2 Å². The summed E-state index contributed by atoms with van der Waals surface area (Å²) in [5, 5.41) is 13.0. The van der Waals surface area contributed by atoms with Gasteiger partial charge in [0.25, 0.3) is 0 Å². The summed E-state index contributed by atoms with van der Waals surface area (Å²) in [6.45, 7) is 7.12. The van der Waals surface area contributed by atoms with Crippen LogP contribution in [0.4, 0.5) is 5.13 Å². The number of piperazine rings is 1. The van der Waals surface area contributed by atoms with Crippen LogP contribution in [0.25, 0.3) is 10.9 Å².